The Morgan fingerprint density at radius 2 is 1.22 bits per heavy atom. The highest BCUT2D eigenvalue weighted by Gasteiger charge is 2.19. The Balaban J connectivity index is 1.68. The first kappa shape index (κ1) is 23.4. The molecule has 0 aromatic heterocycles. The Labute approximate surface area is 195 Å². The lowest BCUT2D eigenvalue weighted by Crippen LogP contribution is -2.27. The van der Waals surface area contributed by atoms with E-state index in [1.54, 1.807) is 0 Å². The molecule has 0 spiro atoms. The zero-order valence-electron chi connectivity index (χ0n) is 18.0. The molecule has 32 heavy (non-hydrogen) atoms. The topological polar surface area (TPSA) is 61.4 Å². The molecule has 0 atom stereocenters. The zero-order valence-corrected chi connectivity index (χ0v) is 18.9. The molecule has 3 rings (SSSR count). The van der Waals surface area contributed by atoms with Crippen molar-refractivity contribution in [3.05, 3.63) is 90.5 Å². The van der Waals surface area contributed by atoms with E-state index in [4.69, 9.17) is 0 Å². The lowest BCUT2D eigenvalue weighted by Gasteiger charge is -2.27. The Bertz CT molecular complexity index is 957. The van der Waals surface area contributed by atoms with Crippen LogP contribution in [0.3, 0.4) is 0 Å². The number of benzene rings is 3. The monoisotopic (exact) mass is 447 g/mol. The molecule has 0 fully saturated rings. The number of thiol groups is 1. The minimum atomic E-state index is -0.0964. The number of nitrogens with one attached hydrogen (secondary N) is 2. The number of para-hydroxylation sites is 3. The Morgan fingerprint density at radius 1 is 0.688 bits per heavy atom. The maximum absolute atomic E-state index is 13.0. The molecular weight excluding hydrogens is 418 g/mol. The van der Waals surface area contributed by atoms with Crippen LogP contribution in [0.4, 0.5) is 17.1 Å². The van der Waals surface area contributed by atoms with Crippen molar-refractivity contribution in [1.29, 1.82) is 0 Å². The van der Waals surface area contributed by atoms with Crippen LogP contribution in [0.25, 0.3) is 0 Å². The Kier molecular flexibility index (Phi) is 9.20. The van der Waals surface area contributed by atoms with Crippen molar-refractivity contribution in [1.82, 2.24) is 10.6 Å². The minimum Gasteiger partial charge on any atom is -0.355 e. The van der Waals surface area contributed by atoms with Gasteiger partial charge in [0.25, 0.3) is 5.91 Å². The van der Waals surface area contributed by atoms with Crippen LogP contribution in [0, 0.1) is 0 Å². The molecule has 0 aliphatic heterocycles. The first-order valence-corrected chi connectivity index (χ1v) is 11.5. The molecule has 3 aromatic rings. The van der Waals surface area contributed by atoms with Crippen molar-refractivity contribution >= 4 is 41.5 Å². The van der Waals surface area contributed by atoms with E-state index in [2.05, 4.69) is 28.2 Å². The van der Waals surface area contributed by atoms with Crippen LogP contribution in [0.1, 0.15) is 29.6 Å². The molecule has 0 heterocycles. The number of carbonyl (C=O) groups is 2. The van der Waals surface area contributed by atoms with E-state index in [0.29, 0.717) is 18.7 Å². The third-order valence-corrected chi connectivity index (χ3v) is 5.31. The largest absolute Gasteiger partial charge is 0.355 e. The van der Waals surface area contributed by atoms with Crippen molar-refractivity contribution in [2.45, 2.75) is 19.3 Å². The maximum atomic E-state index is 13.0. The molecule has 3 aromatic carbocycles. The third-order valence-electron chi connectivity index (χ3n) is 5.02. The summed E-state index contributed by atoms with van der Waals surface area (Å²) in [4.78, 5) is 26.3. The minimum absolute atomic E-state index is 0.0559. The van der Waals surface area contributed by atoms with Gasteiger partial charge in [0.05, 0.1) is 17.0 Å². The molecule has 0 bridgehead atoms. The van der Waals surface area contributed by atoms with Gasteiger partial charge in [0, 0.05) is 24.5 Å². The summed E-state index contributed by atoms with van der Waals surface area (Å²) in [6.45, 7) is 1.23. The summed E-state index contributed by atoms with van der Waals surface area (Å²) in [5.74, 6) is 0.0544. The summed E-state index contributed by atoms with van der Waals surface area (Å²) in [6.07, 6.45) is 2.66. The predicted octanol–water partition coefficient (Wildman–Crippen LogP) is 5.10. The second-order valence-electron chi connectivity index (χ2n) is 7.35. The van der Waals surface area contributed by atoms with Gasteiger partial charge in [-0.2, -0.15) is 12.6 Å². The van der Waals surface area contributed by atoms with Crippen LogP contribution in [0.5, 0.6) is 0 Å². The van der Waals surface area contributed by atoms with Crippen molar-refractivity contribution < 1.29 is 9.59 Å². The lowest BCUT2D eigenvalue weighted by atomic mass is 10.1. The van der Waals surface area contributed by atoms with E-state index >= 15 is 0 Å². The van der Waals surface area contributed by atoms with Crippen LogP contribution in [0.15, 0.2) is 84.9 Å². The Morgan fingerprint density at radius 3 is 1.81 bits per heavy atom. The molecular formula is C26H29N3O2S. The normalized spacial score (nSPS) is 10.4. The molecule has 0 saturated heterocycles. The average molecular weight is 448 g/mol. The number of hydrogen-bond donors (Lipinski definition) is 3. The first-order chi connectivity index (χ1) is 15.7. The van der Waals surface area contributed by atoms with Gasteiger partial charge >= 0.3 is 0 Å². The van der Waals surface area contributed by atoms with E-state index in [1.807, 2.05) is 84.9 Å². The highest BCUT2D eigenvalue weighted by atomic mass is 32.1. The number of carbonyl (C=O) groups excluding carboxylic acids is 2. The number of rotatable bonds is 11. The molecule has 6 heteroatoms. The van der Waals surface area contributed by atoms with Crippen molar-refractivity contribution in [2.24, 2.45) is 0 Å². The number of nitrogens with zero attached hydrogens (tertiary/aromatic N) is 1. The molecule has 2 N–H and O–H groups in total. The van der Waals surface area contributed by atoms with Gasteiger partial charge in [-0.3, -0.25) is 9.59 Å². The number of hydrogen-bond acceptors (Lipinski definition) is 4. The SMILES string of the molecule is O=C(CS)NCCCCCNC(=O)c1ccccc1N(c1ccccc1)c1ccccc1. The number of amides is 2. The second-order valence-corrected chi connectivity index (χ2v) is 7.66. The van der Waals surface area contributed by atoms with Gasteiger partial charge in [0.2, 0.25) is 5.91 Å². The summed E-state index contributed by atoms with van der Waals surface area (Å²) in [7, 11) is 0. The number of unbranched alkanes of at least 4 members (excludes halogenated alkanes) is 2. The zero-order chi connectivity index (χ0) is 22.6. The van der Waals surface area contributed by atoms with Gasteiger partial charge in [-0.1, -0.05) is 48.5 Å². The highest BCUT2D eigenvalue weighted by Crippen LogP contribution is 2.36. The maximum Gasteiger partial charge on any atom is 0.253 e. The van der Waals surface area contributed by atoms with E-state index in [0.717, 1.165) is 36.3 Å². The van der Waals surface area contributed by atoms with Gasteiger partial charge in [-0.15, -0.1) is 0 Å². The average Bonchev–Trinajstić information content (AvgIpc) is 2.85. The molecule has 166 valence electrons. The molecule has 0 unspecified atom stereocenters. The van der Waals surface area contributed by atoms with Crippen LogP contribution < -0.4 is 15.5 Å². The van der Waals surface area contributed by atoms with Crippen LogP contribution in [0.2, 0.25) is 0 Å². The predicted molar refractivity (Wildman–Crippen MR) is 134 cm³/mol. The first-order valence-electron chi connectivity index (χ1n) is 10.9. The summed E-state index contributed by atoms with van der Waals surface area (Å²) < 4.78 is 0. The van der Waals surface area contributed by atoms with Gasteiger partial charge < -0.3 is 15.5 Å². The van der Waals surface area contributed by atoms with Gasteiger partial charge in [0.15, 0.2) is 0 Å². The van der Waals surface area contributed by atoms with Gasteiger partial charge in [-0.25, -0.2) is 0 Å². The van der Waals surface area contributed by atoms with E-state index in [9.17, 15) is 9.59 Å². The Hall–Kier alpha value is -3.25. The van der Waals surface area contributed by atoms with Crippen LogP contribution in [-0.4, -0.2) is 30.7 Å². The van der Waals surface area contributed by atoms with Crippen molar-refractivity contribution in [3.63, 3.8) is 0 Å². The quantitative estimate of drug-likeness (QED) is 0.283. The second kappa shape index (κ2) is 12.6. The van der Waals surface area contributed by atoms with Crippen molar-refractivity contribution in [3.8, 4) is 0 Å². The fourth-order valence-corrected chi connectivity index (χ4v) is 3.56. The third kappa shape index (κ3) is 6.62. The molecule has 0 aliphatic rings. The number of anilines is 3. The fourth-order valence-electron chi connectivity index (χ4n) is 3.45. The van der Waals surface area contributed by atoms with Crippen molar-refractivity contribution in [2.75, 3.05) is 23.7 Å². The van der Waals surface area contributed by atoms with E-state index in [1.165, 1.54) is 0 Å². The highest BCUT2D eigenvalue weighted by molar-refractivity contribution is 7.81. The smallest absolute Gasteiger partial charge is 0.253 e. The molecule has 5 nitrogen and oxygen atoms in total. The molecule has 0 aliphatic carbocycles. The fraction of sp³-hybridized carbons (Fsp3) is 0.231. The lowest BCUT2D eigenvalue weighted by molar-refractivity contribution is -0.118. The molecule has 0 saturated carbocycles. The summed E-state index contributed by atoms with van der Waals surface area (Å²) in [5, 5.41) is 5.84. The summed E-state index contributed by atoms with van der Waals surface area (Å²) in [6, 6.07) is 27.7. The van der Waals surface area contributed by atoms with E-state index < -0.39 is 0 Å². The summed E-state index contributed by atoms with van der Waals surface area (Å²) in [5.41, 5.74) is 3.43. The summed E-state index contributed by atoms with van der Waals surface area (Å²) >= 11 is 3.94. The van der Waals surface area contributed by atoms with Crippen LogP contribution >= 0.6 is 12.6 Å². The van der Waals surface area contributed by atoms with Gasteiger partial charge in [-0.05, 0) is 55.7 Å². The molecule has 0 radical (unpaired) electrons. The van der Waals surface area contributed by atoms with E-state index in [-0.39, 0.29) is 17.6 Å². The standard InChI is InChI=1S/C26H29N3O2S/c30-25(20-32)27-18-10-3-11-19-28-26(31)23-16-8-9-17-24(23)29(21-12-4-1-5-13-21)22-14-6-2-7-15-22/h1-2,4-9,12-17,32H,3,10-11,18-20H2,(H,27,30)(H,28,31). The van der Waals surface area contributed by atoms with Gasteiger partial charge in [0.1, 0.15) is 0 Å². The van der Waals surface area contributed by atoms with Crippen LogP contribution in [-0.2, 0) is 4.79 Å². The molecule has 2 amide bonds.